The summed E-state index contributed by atoms with van der Waals surface area (Å²) < 4.78 is 11.2. The summed E-state index contributed by atoms with van der Waals surface area (Å²) in [5.41, 5.74) is 1.10. The predicted molar refractivity (Wildman–Crippen MR) is 103 cm³/mol. The monoisotopic (exact) mass is 390 g/mol. The lowest BCUT2D eigenvalue weighted by Crippen LogP contribution is -2.24. The largest absolute Gasteiger partial charge is 0.350 e. The molecule has 0 aliphatic heterocycles. The first kappa shape index (κ1) is 18.2. The molecule has 128 valence electrons. The van der Waals surface area contributed by atoms with Gasteiger partial charge in [0.2, 0.25) is 0 Å². The van der Waals surface area contributed by atoms with E-state index in [2.05, 4.69) is 0 Å². The van der Waals surface area contributed by atoms with E-state index >= 15 is 0 Å². The van der Waals surface area contributed by atoms with Crippen LogP contribution in [0.5, 0.6) is 0 Å². The lowest BCUT2D eigenvalue weighted by Gasteiger charge is -2.34. The van der Waals surface area contributed by atoms with Gasteiger partial charge in [-0.25, -0.2) is 0 Å². The highest BCUT2D eigenvalue weighted by Gasteiger charge is 2.51. The Morgan fingerprint density at radius 1 is 0.760 bits per heavy atom. The van der Waals surface area contributed by atoms with Gasteiger partial charge in [-0.2, -0.15) is 0 Å². The van der Waals surface area contributed by atoms with Crippen LogP contribution in [0.1, 0.15) is 11.1 Å². The van der Waals surface area contributed by atoms with Crippen molar-refractivity contribution >= 4 is 31.0 Å². The van der Waals surface area contributed by atoms with Crippen LogP contribution in [0.15, 0.2) is 89.8 Å². The van der Waals surface area contributed by atoms with Crippen molar-refractivity contribution in [2.24, 2.45) is 0 Å². The summed E-state index contributed by atoms with van der Waals surface area (Å²) in [6.07, 6.45) is 0. The summed E-state index contributed by atoms with van der Waals surface area (Å²) in [5, 5.41) is 0.575. The van der Waals surface area contributed by atoms with Gasteiger partial charge in [-0.3, -0.25) is 4.57 Å². The van der Waals surface area contributed by atoms with Crippen LogP contribution in [0.4, 0.5) is 0 Å². The van der Waals surface area contributed by atoms with E-state index in [1.54, 1.807) is 72.8 Å². The van der Waals surface area contributed by atoms with Crippen LogP contribution in [0.2, 0.25) is 5.02 Å². The standard InChI is InChI=1S/C19H16ClO3PS/c20-17-11-13-18(14-12-17)25-19(24(21,22)23,15-7-3-1-4-8-15)16-9-5-2-6-10-16/h1-14H,(H2,21,22,23). The number of halogens is 1. The zero-order chi connectivity index (χ0) is 17.9. The summed E-state index contributed by atoms with van der Waals surface area (Å²) >= 11 is 7.08. The third-order valence-electron chi connectivity index (χ3n) is 3.82. The van der Waals surface area contributed by atoms with E-state index in [1.807, 2.05) is 12.1 Å². The van der Waals surface area contributed by atoms with Crippen molar-refractivity contribution in [3.8, 4) is 0 Å². The first-order valence-corrected chi connectivity index (χ1v) is 10.4. The van der Waals surface area contributed by atoms with E-state index in [4.69, 9.17) is 11.6 Å². The Kier molecular flexibility index (Phi) is 5.38. The maximum Gasteiger partial charge on any atom is 0.350 e. The Labute approximate surface area is 155 Å². The molecule has 6 heteroatoms. The first-order valence-electron chi connectivity index (χ1n) is 7.55. The summed E-state index contributed by atoms with van der Waals surface area (Å²) in [7, 11) is -4.60. The zero-order valence-electron chi connectivity index (χ0n) is 13.1. The second-order valence-corrected chi connectivity index (χ2v) is 9.26. The van der Waals surface area contributed by atoms with Gasteiger partial charge in [0.15, 0.2) is 4.49 Å². The third kappa shape index (κ3) is 3.69. The molecule has 3 aromatic rings. The fraction of sp³-hybridized carbons (Fsp3) is 0.0526. The van der Waals surface area contributed by atoms with Gasteiger partial charge < -0.3 is 9.79 Å². The smallest absolute Gasteiger partial charge is 0.323 e. The molecule has 0 unspecified atom stereocenters. The van der Waals surface area contributed by atoms with E-state index in [1.165, 1.54) is 0 Å². The highest BCUT2D eigenvalue weighted by atomic mass is 35.5. The maximum atomic E-state index is 12.8. The van der Waals surface area contributed by atoms with Gasteiger partial charge in [-0.15, -0.1) is 0 Å². The molecule has 0 atom stereocenters. The highest BCUT2D eigenvalue weighted by molar-refractivity contribution is 8.06. The van der Waals surface area contributed by atoms with Crippen LogP contribution in [0, 0.1) is 0 Å². The molecule has 0 spiro atoms. The molecule has 0 bridgehead atoms. The van der Waals surface area contributed by atoms with Gasteiger partial charge in [0.25, 0.3) is 0 Å². The van der Waals surface area contributed by atoms with Gasteiger partial charge in [-0.05, 0) is 35.4 Å². The summed E-state index contributed by atoms with van der Waals surface area (Å²) in [5.74, 6) is 0. The number of hydrogen-bond donors (Lipinski definition) is 2. The van der Waals surface area contributed by atoms with E-state index in [0.29, 0.717) is 16.1 Å². The van der Waals surface area contributed by atoms with E-state index in [0.717, 1.165) is 16.7 Å². The lowest BCUT2D eigenvalue weighted by molar-refractivity contribution is 0.359. The number of benzene rings is 3. The average Bonchev–Trinajstić information content (AvgIpc) is 2.62. The predicted octanol–water partition coefficient (Wildman–Crippen LogP) is 5.51. The van der Waals surface area contributed by atoms with Crippen molar-refractivity contribution in [3.63, 3.8) is 0 Å². The van der Waals surface area contributed by atoms with E-state index in [-0.39, 0.29) is 0 Å². The molecule has 0 fully saturated rings. The topological polar surface area (TPSA) is 57.5 Å². The van der Waals surface area contributed by atoms with Crippen LogP contribution in [-0.4, -0.2) is 9.79 Å². The second kappa shape index (κ2) is 7.36. The fourth-order valence-electron chi connectivity index (χ4n) is 2.68. The van der Waals surface area contributed by atoms with E-state index < -0.39 is 12.1 Å². The molecule has 0 saturated carbocycles. The summed E-state index contributed by atoms with van der Waals surface area (Å²) in [6, 6.07) is 24.7. The van der Waals surface area contributed by atoms with Crippen molar-refractivity contribution in [2.45, 2.75) is 9.38 Å². The normalized spacial score (nSPS) is 12.1. The molecule has 0 radical (unpaired) electrons. The van der Waals surface area contributed by atoms with Gasteiger partial charge in [0.1, 0.15) is 0 Å². The molecule has 3 nitrogen and oxygen atoms in total. The zero-order valence-corrected chi connectivity index (χ0v) is 15.6. The van der Waals surface area contributed by atoms with Crippen LogP contribution in [0.25, 0.3) is 0 Å². The molecule has 2 N–H and O–H groups in total. The molecule has 0 aliphatic rings. The molecule has 0 aromatic heterocycles. The Morgan fingerprint density at radius 3 is 1.60 bits per heavy atom. The minimum absolute atomic E-state index is 0.550. The Bertz CT molecular complexity index is 840. The minimum atomic E-state index is -4.60. The van der Waals surface area contributed by atoms with Gasteiger partial charge in [0, 0.05) is 9.92 Å². The van der Waals surface area contributed by atoms with Crippen molar-refractivity contribution in [3.05, 3.63) is 101 Å². The second-order valence-electron chi connectivity index (χ2n) is 5.48. The maximum absolute atomic E-state index is 12.8. The minimum Gasteiger partial charge on any atom is -0.323 e. The summed E-state index contributed by atoms with van der Waals surface area (Å²) in [6.45, 7) is 0. The number of rotatable bonds is 5. The van der Waals surface area contributed by atoms with Crippen molar-refractivity contribution < 1.29 is 14.4 Å². The quantitative estimate of drug-likeness (QED) is 0.445. The molecule has 25 heavy (non-hydrogen) atoms. The molecular weight excluding hydrogens is 375 g/mol. The molecule has 3 aromatic carbocycles. The fourth-order valence-corrected chi connectivity index (χ4v) is 5.69. The van der Waals surface area contributed by atoms with Crippen molar-refractivity contribution in [2.75, 3.05) is 0 Å². The van der Waals surface area contributed by atoms with Crippen LogP contribution >= 0.6 is 31.0 Å². The molecular formula is C19H16ClO3PS. The van der Waals surface area contributed by atoms with Crippen LogP contribution in [0.3, 0.4) is 0 Å². The summed E-state index contributed by atoms with van der Waals surface area (Å²) in [4.78, 5) is 21.6. The number of hydrogen-bond acceptors (Lipinski definition) is 2. The highest BCUT2D eigenvalue weighted by Crippen LogP contribution is 2.68. The van der Waals surface area contributed by atoms with Crippen molar-refractivity contribution in [1.82, 2.24) is 0 Å². The molecule has 3 rings (SSSR count). The SMILES string of the molecule is O=P(O)(O)C(Sc1ccc(Cl)cc1)(c1ccccc1)c1ccccc1. The third-order valence-corrected chi connectivity index (χ3v) is 7.67. The average molecular weight is 391 g/mol. The Morgan fingerprint density at radius 2 is 1.20 bits per heavy atom. The first-order chi connectivity index (χ1) is 11.9. The molecule has 0 heterocycles. The number of thioether (sulfide) groups is 1. The van der Waals surface area contributed by atoms with Gasteiger partial charge in [-0.1, -0.05) is 84.0 Å². The Hall–Kier alpha value is -1.55. The van der Waals surface area contributed by atoms with Crippen LogP contribution in [-0.2, 0) is 9.05 Å². The van der Waals surface area contributed by atoms with Crippen LogP contribution < -0.4 is 0 Å². The molecule has 0 amide bonds. The van der Waals surface area contributed by atoms with E-state index in [9.17, 15) is 14.4 Å². The molecule has 0 aliphatic carbocycles. The van der Waals surface area contributed by atoms with Crippen molar-refractivity contribution in [1.29, 1.82) is 0 Å². The van der Waals surface area contributed by atoms with Gasteiger partial charge >= 0.3 is 7.60 Å². The van der Waals surface area contributed by atoms with Gasteiger partial charge in [0.05, 0.1) is 0 Å². The molecule has 0 saturated heterocycles. The lowest BCUT2D eigenvalue weighted by atomic mass is 10.0. The Balaban J connectivity index is 2.25.